The lowest BCUT2D eigenvalue weighted by Gasteiger charge is -2.25. The van der Waals surface area contributed by atoms with Gasteiger partial charge in [0.1, 0.15) is 17.1 Å². The SMILES string of the molecule is O=C(NC(Cc1ccc(C(F)(F)F)cc1)C(O)c1cccc(Cl)n1)c1ccc(F)c2ccccc12. The van der Waals surface area contributed by atoms with E-state index in [2.05, 4.69) is 10.3 Å². The minimum absolute atomic E-state index is 0.00162. The second kappa shape index (κ2) is 10.0. The number of carbonyl (C=O) groups excluding carboxylic acids is 1. The number of carbonyl (C=O) groups is 1. The summed E-state index contributed by atoms with van der Waals surface area (Å²) >= 11 is 5.94. The fraction of sp³-hybridized carbons (Fsp3) is 0.154. The van der Waals surface area contributed by atoms with Gasteiger partial charge in [-0.1, -0.05) is 54.1 Å². The summed E-state index contributed by atoms with van der Waals surface area (Å²) in [5.41, 5.74) is 0.00867. The van der Waals surface area contributed by atoms with Gasteiger partial charge in [0.05, 0.1) is 17.3 Å². The Morgan fingerprint density at radius 1 is 0.943 bits per heavy atom. The van der Waals surface area contributed by atoms with Crippen LogP contribution in [0.25, 0.3) is 10.8 Å². The van der Waals surface area contributed by atoms with Crippen LogP contribution in [0.3, 0.4) is 0 Å². The van der Waals surface area contributed by atoms with Gasteiger partial charge >= 0.3 is 6.18 Å². The first-order valence-corrected chi connectivity index (χ1v) is 11.0. The number of halogens is 5. The number of aliphatic hydroxyl groups is 1. The monoisotopic (exact) mass is 502 g/mol. The first-order valence-electron chi connectivity index (χ1n) is 10.6. The zero-order valence-electron chi connectivity index (χ0n) is 18.1. The number of benzene rings is 3. The predicted octanol–water partition coefficient (Wildman–Crippen LogP) is 6.12. The second-order valence-electron chi connectivity index (χ2n) is 7.95. The van der Waals surface area contributed by atoms with E-state index in [1.807, 2.05) is 0 Å². The van der Waals surface area contributed by atoms with E-state index in [-0.39, 0.29) is 28.2 Å². The van der Waals surface area contributed by atoms with Gasteiger partial charge in [-0.2, -0.15) is 13.2 Å². The molecule has 0 bridgehead atoms. The van der Waals surface area contributed by atoms with E-state index in [1.54, 1.807) is 30.3 Å². The highest BCUT2D eigenvalue weighted by atomic mass is 35.5. The van der Waals surface area contributed by atoms with Crippen LogP contribution in [0, 0.1) is 5.82 Å². The summed E-state index contributed by atoms with van der Waals surface area (Å²) in [6.07, 6.45) is -5.81. The van der Waals surface area contributed by atoms with Crippen LogP contribution < -0.4 is 5.32 Å². The van der Waals surface area contributed by atoms with Crippen molar-refractivity contribution in [3.8, 4) is 0 Å². The number of aliphatic hydroxyl groups excluding tert-OH is 1. The van der Waals surface area contributed by atoms with Crippen molar-refractivity contribution in [1.29, 1.82) is 0 Å². The normalized spacial score (nSPS) is 13.4. The van der Waals surface area contributed by atoms with E-state index in [9.17, 15) is 27.5 Å². The Morgan fingerprint density at radius 3 is 2.29 bits per heavy atom. The summed E-state index contributed by atoms with van der Waals surface area (Å²) in [6, 6.07) is 17.1. The molecule has 9 heteroatoms. The maximum Gasteiger partial charge on any atom is 0.416 e. The van der Waals surface area contributed by atoms with Gasteiger partial charge in [0, 0.05) is 10.9 Å². The quantitative estimate of drug-likeness (QED) is 0.247. The molecule has 1 heterocycles. The standard InChI is InChI=1S/C26H19ClF4N2O2/c27-23-7-3-6-21(32-23)24(34)22(14-15-8-10-16(11-9-15)26(29,30)31)33-25(35)19-12-13-20(28)18-5-2-1-4-17(18)19/h1-13,22,24,34H,14H2,(H,33,35). The smallest absolute Gasteiger partial charge is 0.385 e. The molecule has 35 heavy (non-hydrogen) atoms. The van der Waals surface area contributed by atoms with E-state index >= 15 is 0 Å². The van der Waals surface area contributed by atoms with Gasteiger partial charge in [0.2, 0.25) is 0 Å². The van der Waals surface area contributed by atoms with Gasteiger partial charge in [0.15, 0.2) is 0 Å². The molecule has 3 aromatic carbocycles. The Kier molecular flexibility index (Phi) is 7.05. The largest absolute Gasteiger partial charge is 0.416 e. The molecule has 1 amide bonds. The molecule has 4 aromatic rings. The van der Waals surface area contributed by atoms with Crippen LogP contribution in [-0.4, -0.2) is 22.0 Å². The van der Waals surface area contributed by atoms with Crippen molar-refractivity contribution >= 4 is 28.3 Å². The summed E-state index contributed by atoms with van der Waals surface area (Å²) < 4.78 is 53.0. The maximum atomic E-state index is 14.2. The average molecular weight is 503 g/mol. The first kappa shape index (κ1) is 24.6. The van der Waals surface area contributed by atoms with Crippen LogP contribution >= 0.6 is 11.6 Å². The van der Waals surface area contributed by atoms with E-state index in [0.717, 1.165) is 12.1 Å². The fourth-order valence-electron chi connectivity index (χ4n) is 3.83. The third-order valence-corrected chi connectivity index (χ3v) is 5.80. The highest BCUT2D eigenvalue weighted by Gasteiger charge is 2.31. The highest BCUT2D eigenvalue weighted by molar-refractivity contribution is 6.29. The van der Waals surface area contributed by atoms with E-state index < -0.39 is 35.6 Å². The molecule has 1 aromatic heterocycles. The predicted molar refractivity (Wildman–Crippen MR) is 125 cm³/mol. The van der Waals surface area contributed by atoms with Crippen molar-refractivity contribution in [3.63, 3.8) is 0 Å². The number of amides is 1. The van der Waals surface area contributed by atoms with E-state index in [1.165, 1.54) is 36.4 Å². The molecule has 0 radical (unpaired) electrons. The summed E-state index contributed by atoms with van der Waals surface area (Å²) in [5, 5.41) is 14.5. The molecule has 0 aliphatic heterocycles. The molecule has 0 spiro atoms. The lowest BCUT2D eigenvalue weighted by molar-refractivity contribution is -0.137. The summed E-state index contributed by atoms with van der Waals surface area (Å²) in [5.74, 6) is -1.07. The number of hydrogen-bond acceptors (Lipinski definition) is 3. The number of pyridine rings is 1. The zero-order chi connectivity index (χ0) is 25.2. The lowest BCUT2D eigenvalue weighted by Crippen LogP contribution is -2.41. The minimum Gasteiger partial charge on any atom is -0.385 e. The van der Waals surface area contributed by atoms with Gasteiger partial charge in [0.25, 0.3) is 5.91 Å². The number of nitrogens with zero attached hydrogens (tertiary/aromatic N) is 1. The van der Waals surface area contributed by atoms with Crippen molar-refractivity contribution in [1.82, 2.24) is 10.3 Å². The molecule has 2 N–H and O–H groups in total. The van der Waals surface area contributed by atoms with Crippen molar-refractivity contribution < 1.29 is 27.5 Å². The number of alkyl halides is 3. The molecule has 180 valence electrons. The van der Waals surface area contributed by atoms with Crippen LogP contribution in [0.1, 0.15) is 33.3 Å². The third-order valence-electron chi connectivity index (χ3n) is 5.59. The van der Waals surface area contributed by atoms with Crippen LogP contribution in [-0.2, 0) is 12.6 Å². The topological polar surface area (TPSA) is 62.2 Å². The number of fused-ring (bicyclic) bond motifs is 1. The van der Waals surface area contributed by atoms with E-state index in [0.29, 0.717) is 10.9 Å². The van der Waals surface area contributed by atoms with Gasteiger partial charge in [-0.05, 0) is 53.8 Å². The van der Waals surface area contributed by atoms with E-state index in [4.69, 9.17) is 11.6 Å². The number of hydrogen-bond donors (Lipinski definition) is 2. The maximum absolute atomic E-state index is 14.2. The molecule has 4 rings (SSSR count). The van der Waals surface area contributed by atoms with Gasteiger partial charge in [-0.3, -0.25) is 4.79 Å². The summed E-state index contributed by atoms with van der Waals surface area (Å²) in [4.78, 5) is 17.3. The van der Waals surface area contributed by atoms with Crippen molar-refractivity contribution in [3.05, 3.63) is 112 Å². The van der Waals surface area contributed by atoms with Gasteiger partial charge in [-0.15, -0.1) is 0 Å². The van der Waals surface area contributed by atoms with Crippen molar-refractivity contribution in [2.24, 2.45) is 0 Å². The van der Waals surface area contributed by atoms with Crippen molar-refractivity contribution in [2.75, 3.05) is 0 Å². The number of nitrogens with one attached hydrogen (secondary N) is 1. The van der Waals surface area contributed by atoms with Crippen LogP contribution in [0.4, 0.5) is 17.6 Å². The lowest BCUT2D eigenvalue weighted by atomic mass is 9.97. The molecular weight excluding hydrogens is 484 g/mol. The molecule has 2 unspecified atom stereocenters. The summed E-state index contributed by atoms with van der Waals surface area (Å²) in [7, 11) is 0. The molecule has 0 aliphatic rings. The number of rotatable bonds is 6. The highest BCUT2D eigenvalue weighted by Crippen LogP contribution is 2.30. The molecule has 0 aliphatic carbocycles. The minimum atomic E-state index is -4.49. The molecule has 2 atom stereocenters. The second-order valence-corrected chi connectivity index (χ2v) is 8.34. The molecule has 0 fully saturated rings. The average Bonchev–Trinajstić information content (AvgIpc) is 2.83. The molecular formula is C26H19ClF4N2O2. The first-order chi connectivity index (χ1) is 16.6. The van der Waals surface area contributed by atoms with Crippen LogP contribution in [0.5, 0.6) is 0 Å². The fourth-order valence-corrected chi connectivity index (χ4v) is 4.00. The van der Waals surface area contributed by atoms with Crippen molar-refractivity contribution in [2.45, 2.75) is 24.7 Å². The van der Waals surface area contributed by atoms with Gasteiger partial charge < -0.3 is 10.4 Å². The molecule has 0 saturated carbocycles. The van der Waals surface area contributed by atoms with Gasteiger partial charge in [-0.25, -0.2) is 9.37 Å². The number of aromatic nitrogens is 1. The Hall–Kier alpha value is -3.49. The summed E-state index contributed by atoms with van der Waals surface area (Å²) in [6.45, 7) is 0. The Bertz CT molecular complexity index is 1360. The third kappa shape index (κ3) is 5.61. The molecule has 4 nitrogen and oxygen atoms in total. The zero-order valence-corrected chi connectivity index (χ0v) is 18.8. The Labute approximate surface area is 203 Å². The molecule has 0 saturated heterocycles. The van der Waals surface area contributed by atoms with Crippen LogP contribution in [0.2, 0.25) is 5.15 Å². The Morgan fingerprint density at radius 2 is 1.63 bits per heavy atom. The Balaban J connectivity index is 1.66. The van der Waals surface area contributed by atoms with Crippen LogP contribution in [0.15, 0.2) is 78.9 Å².